The molecule has 0 spiro atoms. The molecule has 0 bridgehead atoms. The van der Waals surface area contributed by atoms with Crippen molar-refractivity contribution in [2.45, 2.75) is 32.4 Å². The topological polar surface area (TPSA) is 92.8 Å². The first-order valence-electron chi connectivity index (χ1n) is 7.29. The number of aryl methyl sites for hydroxylation is 1. The van der Waals surface area contributed by atoms with E-state index in [-0.39, 0.29) is 18.2 Å². The molecule has 2 aliphatic heterocycles. The number of methoxy groups -OCH3 is 1. The van der Waals surface area contributed by atoms with E-state index in [0.717, 1.165) is 11.1 Å². The quantitative estimate of drug-likeness (QED) is 0.635. The molecule has 3 rings (SSSR count). The lowest BCUT2D eigenvalue weighted by molar-refractivity contribution is -0.136. The molecule has 3 amide bonds. The van der Waals surface area contributed by atoms with Crippen LogP contribution < -0.4 is 5.32 Å². The highest BCUT2D eigenvalue weighted by Gasteiger charge is 2.39. The van der Waals surface area contributed by atoms with Crippen molar-refractivity contribution in [2.75, 3.05) is 7.11 Å². The maximum Gasteiger partial charge on any atom is 0.337 e. The van der Waals surface area contributed by atoms with Crippen LogP contribution in [0.1, 0.15) is 44.7 Å². The summed E-state index contributed by atoms with van der Waals surface area (Å²) in [6, 6.07) is 2.52. The Bertz CT molecular complexity index is 740. The molecule has 7 nitrogen and oxygen atoms in total. The van der Waals surface area contributed by atoms with Gasteiger partial charge < -0.3 is 9.64 Å². The highest BCUT2D eigenvalue weighted by molar-refractivity contribution is 6.06. The number of nitrogens with one attached hydrogen (secondary N) is 1. The lowest BCUT2D eigenvalue weighted by atomic mass is 10.0. The molecule has 7 heteroatoms. The Morgan fingerprint density at radius 3 is 2.70 bits per heavy atom. The van der Waals surface area contributed by atoms with Crippen LogP contribution in [0, 0.1) is 6.92 Å². The van der Waals surface area contributed by atoms with Crippen molar-refractivity contribution in [1.82, 2.24) is 10.2 Å². The van der Waals surface area contributed by atoms with Gasteiger partial charge >= 0.3 is 5.97 Å². The smallest absolute Gasteiger partial charge is 0.337 e. The maximum atomic E-state index is 12.6. The summed E-state index contributed by atoms with van der Waals surface area (Å²) in [5.74, 6) is -1.58. The molecule has 0 aliphatic carbocycles. The van der Waals surface area contributed by atoms with E-state index in [4.69, 9.17) is 4.74 Å². The standard InChI is InChI=1S/C16H16N2O5/c1-8-5-9(16(22)23-2)6-10-11(8)7-18(15(10)21)12-3-4-13(19)17-14(12)20/h5-6,12H,3-4,7H2,1-2H3,(H,17,19,20). The molecule has 23 heavy (non-hydrogen) atoms. The van der Waals surface area contributed by atoms with Gasteiger partial charge in [0.05, 0.1) is 12.7 Å². The summed E-state index contributed by atoms with van der Waals surface area (Å²) in [7, 11) is 1.28. The van der Waals surface area contributed by atoms with E-state index in [9.17, 15) is 19.2 Å². The zero-order valence-electron chi connectivity index (χ0n) is 12.8. The fraction of sp³-hybridized carbons (Fsp3) is 0.375. The normalized spacial score (nSPS) is 20.3. The van der Waals surface area contributed by atoms with E-state index in [1.807, 2.05) is 6.92 Å². The summed E-state index contributed by atoms with van der Waals surface area (Å²) < 4.78 is 4.69. The van der Waals surface area contributed by atoms with Gasteiger partial charge in [-0.05, 0) is 36.6 Å². The van der Waals surface area contributed by atoms with Crippen LogP contribution in [0.2, 0.25) is 0 Å². The predicted octanol–water partition coefficient (Wildman–Crippen LogP) is 0.543. The number of hydrogen-bond donors (Lipinski definition) is 1. The van der Waals surface area contributed by atoms with E-state index in [1.54, 1.807) is 6.07 Å². The lowest BCUT2D eigenvalue weighted by Crippen LogP contribution is -2.52. The Balaban J connectivity index is 1.93. The Hall–Kier alpha value is -2.70. The van der Waals surface area contributed by atoms with Gasteiger partial charge in [0.15, 0.2) is 0 Å². The average Bonchev–Trinajstić information content (AvgIpc) is 2.84. The van der Waals surface area contributed by atoms with Crippen molar-refractivity contribution in [3.05, 3.63) is 34.4 Å². The van der Waals surface area contributed by atoms with Crippen molar-refractivity contribution in [3.8, 4) is 0 Å². The fourth-order valence-electron chi connectivity index (χ4n) is 3.08. The van der Waals surface area contributed by atoms with Crippen LogP contribution in [-0.4, -0.2) is 41.7 Å². The van der Waals surface area contributed by atoms with Crippen molar-refractivity contribution >= 4 is 23.7 Å². The number of rotatable bonds is 2. The SMILES string of the molecule is COC(=O)c1cc(C)c2c(c1)C(=O)N(C1CCC(=O)NC1=O)C2. The highest BCUT2D eigenvalue weighted by atomic mass is 16.5. The fourth-order valence-corrected chi connectivity index (χ4v) is 3.08. The van der Waals surface area contributed by atoms with E-state index < -0.39 is 17.9 Å². The van der Waals surface area contributed by atoms with Gasteiger partial charge in [-0.15, -0.1) is 0 Å². The molecular weight excluding hydrogens is 300 g/mol. The van der Waals surface area contributed by atoms with Crippen molar-refractivity contribution in [2.24, 2.45) is 0 Å². The molecule has 1 saturated heterocycles. The summed E-state index contributed by atoms with van der Waals surface area (Å²) in [6.45, 7) is 2.11. The van der Waals surface area contributed by atoms with Crippen LogP contribution >= 0.6 is 0 Å². The Kier molecular flexibility index (Phi) is 3.63. The second-order valence-corrected chi connectivity index (χ2v) is 5.71. The zero-order chi connectivity index (χ0) is 16.7. The number of carbonyl (C=O) groups excluding carboxylic acids is 4. The first-order valence-corrected chi connectivity index (χ1v) is 7.29. The molecule has 2 aliphatic rings. The molecule has 0 aromatic heterocycles. The second kappa shape index (κ2) is 5.49. The summed E-state index contributed by atoms with van der Waals surface area (Å²) in [6.07, 6.45) is 0.524. The minimum atomic E-state index is -0.659. The average molecular weight is 316 g/mol. The zero-order valence-corrected chi connectivity index (χ0v) is 12.8. The van der Waals surface area contributed by atoms with Gasteiger partial charge in [0.2, 0.25) is 11.8 Å². The third-order valence-corrected chi connectivity index (χ3v) is 4.30. The Labute approximate surface area is 132 Å². The minimum Gasteiger partial charge on any atom is -0.465 e. The van der Waals surface area contributed by atoms with Gasteiger partial charge in [-0.3, -0.25) is 19.7 Å². The van der Waals surface area contributed by atoms with E-state index in [0.29, 0.717) is 24.1 Å². The number of hydrogen-bond acceptors (Lipinski definition) is 5. The van der Waals surface area contributed by atoms with Crippen LogP contribution in [0.3, 0.4) is 0 Å². The van der Waals surface area contributed by atoms with Crippen LogP contribution in [0.15, 0.2) is 12.1 Å². The molecule has 1 atom stereocenters. The summed E-state index contributed by atoms with van der Waals surface area (Å²) >= 11 is 0. The monoisotopic (exact) mass is 316 g/mol. The van der Waals surface area contributed by atoms with Crippen LogP contribution in [0.25, 0.3) is 0 Å². The number of amides is 3. The van der Waals surface area contributed by atoms with E-state index in [2.05, 4.69) is 5.32 Å². The number of ether oxygens (including phenoxy) is 1. The van der Waals surface area contributed by atoms with Gasteiger partial charge in [0.25, 0.3) is 5.91 Å². The van der Waals surface area contributed by atoms with E-state index >= 15 is 0 Å². The van der Waals surface area contributed by atoms with Gasteiger partial charge in [-0.2, -0.15) is 0 Å². The molecule has 1 N–H and O–H groups in total. The number of piperidine rings is 1. The highest BCUT2D eigenvalue weighted by Crippen LogP contribution is 2.30. The summed E-state index contributed by atoms with van der Waals surface area (Å²) in [4.78, 5) is 49.0. The van der Waals surface area contributed by atoms with Crippen LogP contribution in [-0.2, 0) is 20.9 Å². The predicted molar refractivity (Wildman–Crippen MR) is 78.6 cm³/mol. The van der Waals surface area contributed by atoms with Crippen LogP contribution in [0.5, 0.6) is 0 Å². The van der Waals surface area contributed by atoms with Gasteiger partial charge in [0.1, 0.15) is 6.04 Å². The van der Waals surface area contributed by atoms with Gasteiger partial charge in [-0.25, -0.2) is 4.79 Å². The molecule has 1 fully saturated rings. The molecule has 0 radical (unpaired) electrons. The number of fused-ring (bicyclic) bond motifs is 1. The minimum absolute atomic E-state index is 0.211. The molecular formula is C16H16N2O5. The number of nitrogens with zero attached hydrogens (tertiary/aromatic N) is 1. The first kappa shape index (κ1) is 15.2. The third kappa shape index (κ3) is 2.48. The molecule has 0 saturated carbocycles. The number of benzene rings is 1. The lowest BCUT2D eigenvalue weighted by Gasteiger charge is -2.29. The first-order chi connectivity index (χ1) is 10.9. The van der Waals surface area contributed by atoms with Crippen LogP contribution in [0.4, 0.5) is 0 Å². The second-order valence-electron chi connectivity index (χ2n) is 5.71. The van der Waals surface area contributed by atoms with Crippen molar-refractivity contribution in [1.29, 1.82) is 0 Å². The van der Waals surface area contributed by atoms with Crippen molar-refractivity contribution < 1.29 is 23.9 Å². The molecule has 1 unspecified atom stereocenters. The maximum absolute atomic E-state index is 12.6. The summed E-state index contributed by atoms with van der Waals surface area (Å²) in [5, 5.41) is 2.26. The Morgan fingerprint density at radius 1 is 1.30 bits per heavy atom. The third-order valence-electron chi connectivity index (χ3n) is 4.30. The largest absolute Gasteiger partial charge is 0.465 e. The molecule has 1 aromatic carbocycles. The van der Waals surface area contributed by atoms with Crippen molar-refractivity contribution in [3.63, 3.8) is 0 Å². The van der Waals surface area contributed by atoms with Gasteiger partial charge in [-0.1, -0.05) is 0 Å². The number of carbonyl (C=O) groups is 4. The Morgan fingerprint density at radius 2 is 2.04 bits per heavy atom. The molecule has 1 aromatic rings. The summed E-state index contributed by atoms with van der Waals surface area (Å²) in [5.41, 5.74) is 2.32. The molecule has 2 heterocycles. The molecule has 120 valence electrons. The van der Waals surface area contributed by atoms with Gasteiger partial charge in [0, 0.05) is 18.5 Å². The number of esters is 1. The number of imide groups is 1. The van der Waals surface area contributed by atoms with E-state index in [1.165, 1.54) is 18.1 Å².